The van der Waals surface area contributed by atoms with Crippen LogP contribution in [0.5, 0.6) is 0 Å². The molecular weight excluding hydrogens is 576 g/mol. The fourth-order valence-electron chi connectivity index (χ4n) is 8.00. The van der Waals surface area contributed by atoms with Crippen LogP contribution in [-0.2, 0) is 23.7 Å². The highest BCUT2D eigenvalue weighted by Crippen LogP contribution is 2.42. The van der Waals surface area contributed by atoms with E-state index >= 15 is 0 Å². The van der Waals surface area contributed by atoms with Crippen molar-refractivity contribution in [2.45, 2.75) is 142 Å². The topological polar surface area (TPSA) is 130 Å². The largest absolute Gasteiger partial charge is 0.459 e. The highest BCUT2D eigenvalue weighted by molar-refractivity contribution is 5.73. The first-order valence-corrected chi connectivity index (χ1v) is 17.1. The van der Waals surface area contributed by atoms with E-state index in [4.69, 9.17) is 18.9 Å². The molecule has 2 aliphatic rings. The summed E-state index contributed by atoms with van der Waals surface area (Å²) in [6.07, 6.45) is 0.319. The number of ether oxygens (including phenoxy) is 4. The number of rotatable bonds is 10. The second kappa shape index (κ2) is 17.3. The minimum Gasteiger partial charge on any atom is -0.459 e. The molecule has 0 aromatic rings. The predicted octanol–water partition coefficient (Wildman–Crippen LogP) is 3.76. The Morgan fingerprint density at radius 2 is 1.76 bits per heavy atom. The Morgan fingerprint density at radius 1 is 1.11 bits per heavy atom. The molecule has 0 bridgehead atoms. The van der Waals surface area contributed by atoms with Crippen LogP contribution in [0.1, 0.15) is 87.5 Å². The summed E-state index contributed by atoms with van der Waals surface area (Å²) in [5.74, 6) is -2.02. The van der Waals surface area contributed by atoms with Crippen LogP contribution >= 0.6 is 0 Å². The average Bonchev–Trinajstić information content (AvgIpc) is 2.97. The summed E-state index contributed by atoms with van der Waals surface area (Å²) in [7, 11) is 5.49. The molecule has 2 aliphatic heterocycles. The molecule has 10 nitrogen and oxygen atoms in total. The van der Waals surface area contributed by atoms with Gasteiger partial charge in [0.05, 0.1) is 29.8 Å². The number of cyclic esters (lactones) is 1. The van der Waals surface area contributed by atoms with Crippen molar-refractivity contribution in [3.63, 3.8) is 0 Å². The molecule has 1 unspecified atom stereocenters. The molecule has 0 spiro atoms. The molecule has 264 valence electrons. The summed E-state index contributed by atoms with van der Waals surface area (Å²) in [5.41, 5.74) is -2.19. The number of likely N-dealkylation sites (N-methyl/N-ethyl adjacent to an activating group) is 1. The third-order valence-electron chi connectivity index (χ3n) is 10.7. The van der Waals surface area contributed by atoms with Crippen molar-refractivity contribution in [1.29, 1.82) is 0 Å². The molecule has 10 heteroatoms. The highest BCUT2D eigenvalue weighted by atomic mass is 16.7. The van der Waals surface area contributed by atoms with E-state index in [0.29, 0.717) is 38.8 Å². The van der Waals surface area contributed by atoms with Crippen LogP contribution in [0.15, 0.2) is 12.7 Å². The Kier molecular flexibility index (Phi) is 15.4. The fourth-order valence-corrected chi connectivity index (χ4v) is 8.00. The molecule has 4 N–H and O–H groups in total. The lowest BCUT2D eigenvalue weighted by molar-refractivity contribution is -0.301. The number of carbonyl (C=O) groups excluding carboxylic acids is 1. The summed E-state index contributed by atoms with van der Waals surface area (Å²) < 4.78 is 25.1. The predicted molar refractivity (Wildman–Crippen MR) is 177 cm³/mol. The number of esters is 1. The van der Waals surface area contributed by atoms with E-state index < -0.39 is 59.7 Å². The van der Waals surface area contributed by atoms with E-state index in [1.165, 1.54) is 0 Å². The number of methoxy groups -OCH3 is 1. The van der Waals surface area contributed by atoms with Crippen molar-refractivity contribution < 1.29 is 39.1 Å². The van der Waals surface area contributed by atoms with Gasteiger partial charge in [-0.2, -0.15) is 0 Å². The van der Waals surface area contributed by atoms with Gasteiger partial charge in [-0.05, 0) is 98.2 Å². The number of carbonyl (C=O) groups is 1. The number of nitrogens with zero attached hydrogens (tertiary/aromatic N) is 1. The first-order chi connectivity index (χ1) is 20.9. The second-order valence-electron chi connectivity index (χ2n) is 14.8. The molecule has 0 aliphatic carbocycles. The molecule has 2 rings (SSSR count). The minimum absolute atomic E-state index is 0.0855. The van der Waals surface area contributed by atoms with Gasteiger partial charge in [-0.25, -0.2) is 0 Å². The van der Waals surface area contributed by atoms with Crippen LogP contribution in [0.4, 0.5) is 0 Å². The van der Waals surface area contributed by atoms with Crippen molar-refractivity contribution in [2.75, 3.05) is 34.3 Å². The van der Waals surface area contributed by atoms with E-state index in [0.717, 1.165) is 6.42 Å². The average molecular weight is 643 g/mol. The number of aliphatic hydroxyl groups is 3. The number of hydrogen-bond donors (Lipinski definition) is 4. The maximum Gasteiger partial charge on any atom is 0.311 e. The quantitative estimate of drug-likeness (QED) is 0.159. The lowest BCUT2D eigenvalue weighted by Gasteiger charge is -2.48. The van der Waals surface area contributed by atoms with Gasteiger partial charge in [0, 0.05) is 25.6 Å². The Labute approximate surface area is 273 Å². The van der Waals surface area contributed by atoms with Gasteiger partial charge >= 0.3 is 5.97 Å². The molecule has 0 saturated carbocycles. The first kappa shape index (κ1) is 40.1. The zero-order chi connectivity index (χ0) is 34.3. The van der Waals surface area contributed by atoms with Crippen LogP contribution in [-0.4, -0.2) is 115 Å². The van der Waals surface area contributed by atoms with Crippen molar-refractivity contribution in [2.24, 2.45) is 29.6 Å². The zero-order valence-electron chi connectivity index (χ0n) is 30.0. The molecule has 0 amide bonds. The molecule has 0 aromatic carbocycles. The number of aliphatic hydroxyl groups excluding tert-OH is 2. The van der Waals surface area contributed by atoms with Gasteiger partial charge in [-0.15, -0.1) is 6.58 Å². The van der Waals surface area contributed by atoms with E-state index in [9.17, 15) is 20.1 Å². The summed E-state index contributed by atoms with van der Waals surface area (Å²) >= 11 is 0. The summed E-state index contributed by atoms with van der Waals surface area (Å²) in [4.78, 5) is 15.6. The Balaban J connectivity index is 2.56. The second-order valence-corrected chi connectivity index (χ2v) is 14.8. The van der Waals surface area contributed by atoms with Crippen molar-refractivity contribution in [1.82, 2.24) is 10.2 Å². The third kappa shape index (κ3) is 9.95. The first-order valence-electron chi connectivity index (χ1n) is 17.1. The third-order valence-corrected chi connectivity index (χ3v) is 10.7. The normalized spacial score (nSPS) is 44.3. The van der Waals surface area contributed by atoms with Crippen molar-refractivity contribution >= 4 is 5.97 Å². The Hall–Kier alpha value is -1.11. The lowest BCUT2D eigenvalue weighted by atomic mass is 9.70. The van der Waals surface area contributed by atoms with E-state index in [-0.39, 0.29) is 29.9 Å². The zero-order valence-corrected chi connectivity index (χ0v) is 30.0. The van der Waals surface area contributed by atoms with Crippen LogP contribution < -0.4 is 5.32 Å². The Morgan fingerprint density at radius 3 is 2.31 bits per heavy atom. The van der Waals surface area contributed by atoms with Gasteiger partial charge in [-0.3, -0.25) is 4.79 Å². The molecule has 0 aromatic heterocycles. The molecule has 45 heavy (non-hydrogen) atoms. The van der Waals surface area contributed by atoms with Crippen LogP contribution in [0.2, 0.25) is 0 Å². The van der Waals surface area contributed by atoms with Gasteiger partial charge < -0.3 is 44.5 Å². The van der Waals surface area contributed by atoms with Gasteiger partial charge in [-0.1, -0.05) is 33.8 Å². The standard InChI is InChI=1S/C35H66N2O8/c1-13-16-36-17-15-26-22(4)18-21(3)20-34(8,42-12)31(45-33-30(39)27(37(10)11)19-23(5)43-33)24(6)29(38)25(7)32(40)44-28(14-2)35(26,9)41/h13,21-31,33,36,38-39,41H,1,14-20H2,2-12H3/t21-,22?,23+,24-,25+,26+,27-,28+,29+,30+,31+,33-,34+,35-/m0/s1. The van der Waals surface area contributed by atoms with Gasteiger partial charge in [0.25, 0.3) is 0 Å². The molecular formula is C35H66N2O8. The lowest BCUT2D eigenvalue weighted by Crippen LogP contribution is -2.59. The number of hydrogen-bond acceptors (Lipinski definition) is 10. The van der Waals surface area contributed by atoms with E-state index in [1.54, 1.807) is 21.0 Å². The monoisotopic (exact) mass is 642 g/mol. The molecule has 0 radical (unpaired) electrons. The molecule has 14 atom stereocenters. The summed E-state index contributed by atoms with van der Waals surface area (Å²) in [5, 5.41) is 38.4. The molecule has 2 heterocycles. The summed E-state index contributed by atoms with van der Waals surface area (Å²) in [6.45, 7) is 20.6. The van der Waals surface area contributed by atoms with Crippen molar-refractivity contribution in [3.8, 4) is 0 Å². The fraction of sp³-hybridized carbons (Fsp3) is 0.914. The van der Waals surface area contributed by atoms with Crippen LogP contribution in [0.25, 0.3) is 0 Å². The minimum atomic E-state index is -1.29. The molecule has 2 fully saturated rings. The van der Waals surface area contributed by atoms with Gasteiger partial charge in [0.1, 0.15) is 17.8 Å². The SMILES string of the molecule is C=CCNCC[C@@H]1C(C)C[C@H](C)C[C@@](C)(OC)[C@H](O[C@@H]2O[C@H](C)C[C@H](N(C)C)[C@H]2O)[C@@H](C)[C@@H](O)[C@@H](C)C(=O)O[C@H](CC)[C@@]1(C)O. The number of nitrogens with one attached hydrogen (secondary N) is 1. The van der Waals surface area contributed by atoms with E-state index in [2.05, 4.69) is 25.7 Å². The van der Waals surface area contributed by atoms with Gasteiger partial charge in [0.15, 0.2) is 6.29 Å². The summed E-state index contributed by atoms with van der Waals surface area (Å²) in [6, 6.07) is -0.170. The highest BCUT2D eigenvalue weighted by Gasteiger charge is 2.50. The molecule has 2 saturated heterocycles. The van der Waals surface area contributed by atoms with Gasteiger partial charge in [0.2, 0.25) is 0 Å². The maximum absolute atomic E-state index is 13.6. The van der Waals surface area contributed by atoms with Crippen molar-refractivity contribution in [3.05, 3.63) is 12.7 Å². The van der Waals surface area contributed by atoms with Crippen LogP contribution in [0, 0.1) is 29.6 Å². The van der Waals surface area contributed by atoms with Crippen LogP contribution in [0.3, 0.4) is 0 Å². The smallest absolute Gasteiger partial charge is 0.311 e. The van der Waals surface area contributed by atoms with E-state index in [1.807, 2.05) is 52.8 Å². The maximum atomic E-state index is 13.6. The Bertz CT molecular complexity index is 918.